The zero-order chi connectivity index (χ0) is 20.4. The standard InChI is InChI=1S/C19H14ClNO5S2/c1-25-13-8-7-10(15(18(23)24)16(13)26-2)9-14-17(22)21(19(27)28-14)12-6-4-3-5-11(12)20/h3-9H,1-2H3,(H,23,24)/b14-9+. The van der Waals surface area contributed by atoms with Gasteiger partial charge in [-0.3, -0.25) is 9.69 Å². The topological polar surface area (TPSA) is 76.1 Å². The van der Waals surface area contributed by atoms with E-state index < -0.39 is 5.97 Å². The van der Waals surface area contributed by atoms with Gasteiger partial charge in [0.15, 0.2) is 15.8 Å². The maximum Gasteiger partial charge on any atom is 0.340 e. The van der Waals surface area contributed by atoms with Crippen LogP contribution in [0.1, 0.15) is 15.9 Å². The van der Waals surface area contributed by atoms with Crippen molar-refractivity contribution in [2.45, 2.75) is 0 Å². The molecule has 1 saturated heterocycles. The fourth-order valence-electron chi connectivity index (χ4n) is 2.73. The molecule has 0 bridgehead atoms. The van der Waals surface area contributed by atoms with Gasteiger partial charge < -0.3 is 14.6 Å². The number of hydrogen-bond donors (Lipinski definition) is 1. The van der Waals surface area contributed by atoms with E-state index >= 15 is 0 Å². The van der Waals surface area contributed by atoms with E-state index in [0.29, 0.717) is 20.6 Å². The van der Waals surface area contributed by atoms with E-state index in [-0.39, 0.29) is 27.9 Å². The molecule has 1 fully saturated rings. The fraction of sp³-hybridized carbons (Fsp3) is 0.105. The number of carboxylic acid groups (broad SMARTS) is 1. The molecule has 0 spiro atoms. The lowest BCUT2D eigenvalue weighted by atomic mass is 10.0. The van der Waals surface area contributed by atoms with Crippen molar-refractivity contribution >= 4 is 63.5 Å². The molecule has 1 aliphatic rings. The van der Waals surface area contributed by atoms with Gasteiger partial charge in [0.05, 0.1) is 29.8 Å². The van der Waals surface area contributed by atoms with Crippen LogP contribution in [-0.4, -0.2) is 35.5 Å². The number of para-hydroxylation sites is 1. The van der Waals surface area contributed by atoms with E-state index in [2.05, 4.69) is 0 Å². The molecule has 1 N–H and O–H groups in total. The summed E-state index contributed by atoms with van der Waals surface area (Å²) in [7, 11) is 2.77. The Morgan fingerprint density at radius 1 is 1.21 bits per heavy atom. The Kier molecular flexibility index (Phi) is 5.93. The molecule has 2 aromatic carbocycles. The zero-order valence-corrected chi connectivity index (χ0v) is 17.2. The molecule has 1 aliphatic heterocycles. The Labute approximate surface area is 175 Å². The molecule has 0 aromatic heterocycles. The van der Waals surface area contributed by atoms with Crippen molar-refractivity contribution in [3.05, 3.63) is 57.5 Å². The second kappa shape index (κ2) is 8.22. The van der Waals surface area contributed by atoms with Crippen molar-refractivity contribution in [1.82, 2.24) is 0 Å². The summed E-state index contributed by atoms with van der Waals surface area (Å²) in [6.45, 7) is 0. The van der Waals surface area contributed by atoms with Crippen LogP contribution in [0.5, 0.6) is 11.5 Å². The molecule has 28 heavy (non-hydrogen) atoms. The predicted octanol–water partition coefficient (Wildman–Crippen LogP) is 4.46. The third kappa shape index (κ3) is 3.58. The number of amides is 1. The lowest BCUT2D eigenvalue weighted by Crippen LogP contribution is -2.27. The monoisotopic (exact) mass is 435 g/mol. The molecule has 0 saturated carbocycles. The van der Waals surface area contributed by atoms with E-state index in [1.807, 2.05) is 0 Å². The molecule has 144 valence electrons. The van der Waals surface area contributed by atoms with E-state index in [1.165, 1.54) is 25.2 Å². The lowest BCUT2D eigenvalue weighted by molar-refractivity contribution is -0.113. The number of halogens is 1. The van der Waals surface area contributed by atoms with Crippen LogP contribution in [0.15, 0.2) is 41.3 Å². The summed E-state index contributed by atoms with van der Waals surface area (Å²) in [6, 6.07) is 9.98. The SMILES string of the molecule is COc1ccc(/C=C2/SC(=S)N(c3ccccc3Cl)C2=O)c(C(=O)O)c1OC. The summed E-state index contributed by atoms with van der Waals surface area (Å²) in [4.78, 5) is 26.3. The molecule has 1 heterocycles. The van der Waals surface area contributed by atoms with Crippen molar-refractivity contribution in [2.75, 3.05) is 19.1 Å². The van der Waals surface area contributed by atoms with E-state index in [0.717, 1.165) is 11.8 Å². The largest absolute Gasteiger partial charge is 0.493 e. The normalized spacial score (nSPS) is 15.2. The fourth-order valence-corrected chi connectivity index (χ4v) is 4.23. The van der Waals surface area contributed by atoms with Gasteiger partial charge in [-0.2, -0.15) is 0 Å². The average Bonchev–Trinajstić information content (AvgIpc) is 2.94. The van der Waals surface area contributed by atoms with Crippen molar-refractivity contribution in [3.63, 3.8) is 0 Å². The highest BCUT2D eigenvalue weighted by molar-refractivity contribution is 8.27. The van der Waals surface area contributed by atoms with Crippen LogP contribution in [0.3, 0.4) is 0 Å². The van der Waals surface area contributed by atoms with Crippen LogP contribution in [-0.2, 0) is 4.79 Å². The van der Waals surface area contributed by atoms with Gasteiger partial charge in [-0.05, 0) is 29.8 Å². The number of benzene rings is 2. The van der Waals surface area contributed by atoms with Crippen LogP contribution < -0.4 is 14.4 Å². The molecule has 6 nitrogen and oxygen atoms in total. The highest BCUT2D eigenvalue weighted by Crippen LogP contribution is 2.40. The quantitative estimate of drug-likeness (QED) is 0.548. The number of aromatic carboxylic acids is 1. The molecule has 2 aromatic rings. The Balaban J connectivity index is 2.08. The van der Waals surface area contributed by atoms with Gasteiger partial charge in [-0.15, -0.1) is 0 Å². The number of thioether (sulfide) groups is 1. The molecule has 1 amide bonds. The number of carbonyl (C=O) groups excluding carboxylic acids is 1. The van der Waals surface area contributed by atoms with Crippen molar-refractivity contribution in [2.24, 2.45) is 0 Å². The second-order valence-corrected chi connectivity index (χ2v) is 7.62. The molecular formula is C19H14ClNO5S2. The van der Waals surface area contributed by atoms with Gasteiger partial charge in [-0.1, -0.05) is 53.8 Å². The van der Waals surface area contributed by atoms with Gasteiger partial charge in [0.25, 0.3) is 5.91 Å². The van der Waals surface area contributed by atoms with Crippen molar-refractivity contribution in [1.29, 1.82) is 0 Å². The first kappa shape index (κ1) is 20.2. The summed E-state index contributed by atoms with van der Waals surface area (Å²) in [5, 5.41) is 10.0. The molecule has 3 rings (SSSR count). The number of hydrogen-bond acceptors (Lipinski definition) is 6. The third-order valence-corrected chi connectivity index (χ3v) is 5.59. The van der Waals surface area contributed by atoms with Crippen LogP contribution in [0, 0.1) is 0 Å². The lowest BCUT2D eigenvalue weighted by Gasteiger charge is -2.15. The Bertz CT molecular complexity index is 1020. The van der Waals surface area contributed by atoms with Crippen LogP contribution in [0.2, 0.25) is 5.02 Å². The number of nitrogens with zero attached hydrogens (tertiary/aromatic N) is 1. The third-order valence-electron chi connectivity index (χ3n) is 3.97. The summed E-state index contributed by atoms with van der Waals surface area (Å²) in [6.07, 6.45) is 1.47. The summed E-state index contributed by atoms with van der Waals surface area (Å²) in [5.41, 5.74) is 0.663. The summed E-state index contributed by atoms with van der Waals surface area (Å²) in [5.74, 6) is -1.23. The first-order valence-corrected chi connectivity index (χ1v) is 9.50. The second-order valence-electron chi connectivity index (χ2n) is 5.54. The number of anilines is 1. The van der Waals surface area contributed by atoms with E-state index in [4.69, 9.17) is 33.3 Å². The van der Waals surface area contributed by atoms with Crippen LogP contribution in [0.25, 0.3) is 6.08 Å². The number of carboxylic acids is 1. The van der Waals surface area contributed by atoms with Crippen molar-refractivity contribution < 1.29 is 24.2 Å². The Morgan fingerprint density at radius 3 is 2.54 bits per heavy atom. The van der Waals surface area contributed by atoms with Crippen LogP contribution >= 0.6 is 35.6 Å². The molecule has 9 heteroatoms. The minimum Gasteiger partial charge on any atom is -0.493 e. The molecule has 0 unspecified atom stereocenters. The van der Waals surface area contributed by atoms with E-state index in [9.17, 15) is 14.7 Å². The number of methoxy groups -OCH3 is 2. The van der Waals surface area contributed by atoms with E-state index in [1.54, 1.807) is 36.4 Å². The first-order chi connectivity index (χ1) is 13.4. The molecule has 0 atom stereocenters. The summed E-state index contributed by atoms with van der Waals surface area (Å²) < 4.78 is 10.7. The average molecular weight is 436 g/mol. The van der Waals surface area contributed by atoms with Gasteiger partial charge in [-0.25, -0.2) is 4.79 Å². The minimum atomic E-state index is -1.21. The zero-order valence-electron chi connectivity index (χ0n) is 14.8. The number of rotatable bonds is 5. The van der Waals surface area contributed by atoms with Gasteiger partial charge in [0, 0.05) is 0 Å². The Morgan fingerprint density at radius 2 is 1.93 bits per heavy atom. The molecule has 0 radical (unpaired) electrons. The number of thiocarbonyl (C=S) groups is 1. The maximum absolute atomic E-state index is 12.9. The van der Waals surface area contributed by atoms with Gasteiger partial charge >= 0.3 is 5.97 Å². The maximum atomic E-state index is 12.9. The number of ether oxygens (including phenoxy) is 2. The molecular weight excluding hydrogens is 422 g/mol. The highest BCUT2D eigenvalue weighted by atomic mass is 35.5. The minimum absolute atomic E-state index is 0.0744. The first-order valence-electron chi connectivity index (χ1n) is 7.89. The summed E-state index contributed by atoms with van der Waals surface area (Å²) >= 11 is 12.6. The molecule has 0 aliphatic carbocycles. The Hall–Kier alpha value is -2.55. The van der Waals surface area contributed by atoms with Crippen molar-refractivity contribution in [3.8, 4) is 11.5 Å². The smallest absolute Gasteiger partial charge is 0.340 e. The van der Waals surface area contributed by atoms with Gasteiger partial charge in [0.1, 0.15) is 5.56 Å². The predicted molar refractivity (Wildman–Crippen MR) is 114 cm³/mol. The number of carbonyl (C=O) groups is 2. The van der Waals surface area contributed by atoms with Crippen LogP contribution in [0.4, 0.5) is 5.69 Å². The van der Waals surface area contributed by atoms with Gasteiger partial charge in [0.2, 0.25) is 0 Å². The highest BCUT2D eigenvalue weighted by Gasteiger charge is 2.35.